The van der Waals surface area contributed by atoms with Crippen molar-refractivity contribution in [3.8, 4) is 0 Å². The zero-order valence-corrected chi connectivity index (χ0v) is 15.4. The maximum atomic E-state index is 12.7. The number of aryl methyl sites for hydroxylation is 1. The molecule has 2 fully saturated rings. The van der Waals surface area contributed by atoms with Gasteiger partial charge in [0.2, 0.25) is 0 Å². The minimum Gasteiger partial charge on any atom is -0.441 e. The lowest BCUT2D eigenvalue weighted by molar-refractivity contribution is 0.00304. The maximum absolute atomic E-state index is 12.7. The first-order valence-electron chi connectivity index (χ1n) is 9.31. The molecule has 1 aromatic rings. The summed E-state index contributed by atoms with van der Waals surface area (Å²) in [6.07, 6.45) is 5.57. The summed E-state index contributed by atoms with van der Waals surface area (Å²) >= 11 is 0. The highest BCUT2D eigenvalue weighted by molar-refractivity contribution is 5.95. The number of rotatable bonds is 5. The molecule has 3 heterocycles. The first kappa shape index (κ1) is 17.8. The van der Waals surface area contributed by atoms with E-state index in [1.54, 1.807) is 6.20 Å². The Morgan fingerprint density at radius 1 is 1.40 bits per heavy atom. The lowest BCUT2D eigenvalue weighted by Gasteiger charge is -2.37. The average molecular weight is 348 g/mol. The van der Waals surface area contributed by atoms with Crippen molar-refractivity contribution in [2.45, 2.75) is 64.5 Å². The number of aromatic amines is 1. The largest absolute Gasteiger partial charge is 0.441 e. The van der Waals surface area contributed by atoms with Crippen molar-refractivity contribution in [2.24, 2.45) is 0 Å². The van der Waals surface area contributed by atoms with Gasteiger partial charge in [0.1, 0.15) is 5.60 Å². The van der Waals surface area contributed by atoms with Crippen molar-refractivity contribution in [1.82, 2.24) is 20.0 Å². The number of H-pyrrole nitrogens is 1. The molecule has 0 bridgehead atoms. The fourth-order valence-corrected chi connectivity index (χ4v) is 3.88. The molecule has 1 spiro atoms. The van der Waals surface area contributed by atoms with Crippen molar-refractivity contribution in [1.29, 1.82) is 0 Å². The molecule has 1 N–H and O–H groups in total. The van der Waals surface area contributed by atoms with E-state index in [2.05, 4.69) is 24.0 Å². The van der Waals surface area contributed by atoms with Crippen LogP contribution in [-0.4, -0.2) is 63.3 Å². The molecule has 138 valence electrons. The molecule has 0 radical (unpaired) electrons. The second kappa shape index (κ2) is 7.06. The predicted octanol–water partition coefficient (Wildman–Crippen LogP) is 2.59. The van der Waals surface area contributed by atoms with Crippen LogP contribution in [0.2, 0.25) is 0 Å². The third-order valence-corrected chi connectivity index (χ3v) is 5.50. The number of nitrogens with one attached hydrogen (secondary N) is 1. The minimum atomic E-state index is -0.431. The zero-order valence-electron chi connectivity index (χ0n) is 15.4. The van der Waals surface area contributed by atoms with Crippen LogP contribution in [0, 0.1) is 0 Å². The van der Waals surface area contributed by atoms with Crippen LogP contribution in [0.15, 0.2) is 6.20 Å². The van der Waals surface area contributed by atoms with Gasteiger partial charge in [-0.1, -0.05) is 20.3 Å². The molecule has 0 unspecified atom stereocenters. The Morgan fingerprint density at radius 2 is 2.12 bits per heavy atom. The quantitative estimate of drug-likeness (QED) is 0.887. The van der Waals surface area contributed by atoms with E-state index in [1.807, 2.05) is 16.7 Å². The van der Waals surface area contributed by atoms with Gasteiger partial charge in [-0.3, -0.25) is 9.89 Å². The molecule has 1 atom stereocenters. The van der Waals surface area contributed by atoms with Gasteiger partial charge in [0.15, 0.2) is 0 Å². The van der Waals surface area contributed by atoms with E-state index in [9.17, 15) is 9.59 Å². The Balaban J connectivity index is 1.62. The molecule has 3 rings (SSSR count). The van der Waals surface area contributed by atoms with Crippen molar-refractivity contribution < 1.29 is 14.3 Å². The van der Waals surface area contributed by atoms with Gasteiger partial charge in [-0.05, 0) is 19.8 Å². The van der Waals surface area contributed by atoms with E-state index in [1.165, 1.54) is 0 Å². The van der Waals surface area contributed by atoms with Gasteiger partial charge in [-0.2, -0.15) is 5.10 Å². The molecular weight excluding hydrogens is 320 g/mol. The number of amides is 2. The van der Waals surface area contributed by atoms with Crippen molar-refractivity contribution in [2.75, 3.05) is 19.6 Å². The summed E-state index contributed by atoms with van der Waals surface area (Å²) in [6.45, 7) is 8.05. The van der Waals surface area contributed by atoms with Gasteiger partial charge >= 0.3 is 6.09 Å². The van der Waals surface area contributed by atoms with Gasteiger partial charge in [0.25, 0.3) is 5.91 Å². The highest BCUT2D eigenvalue weighted by Gasteiger charge is 2.48. The lowest BCUT2D eigenvalue weighted by Crippen LogP contribution is -2.49. The second-order valence-corrected chi connectivity index (χ2v) is 7.22. The van der Waals surface area contributed by atoms with Crippen molar-refractivity contribution >= 4 is 12.0 Å². The van der Waals surface area contributed by atoms with Crippen LogP contribution < -0.4 is 0 Å². The Labute approximate surface area is 148 Å². The third-order valence-electron chi connectivity index (χ3n) is 5.50. The zero-order chi connectivity index (χ0) is 18.0. The molecule has 0 saturated carbocycles. The molecular formula is C18H28N4O3. The summed E-state index contributed by atoms with van der Waals surface area (Å²) in [7, 11) is 0. The molecule has 2 aliphatic heterocycles. The van der Waals surface area contributed by atoms with Gasteiger partial charge < -0.3 is 14.5 Å². The maximum Gasteiger partial charge on any atom is 0.410 e. The first-order chi connectivity index (χ1) is 12.0. The summed E-state index contributed by atoms with van der Waals surface area (Å²) in [5, 5.41) is 6.87. The predicted molar refractivity (Wildman–Crippen MR) is 93.4 cm³/mol. The summed E-state index contributed by atoms with van der Waals surface area (Å²) in [5.74, 6) is 0.0148. The lowest BCUT2D eigenvalue weighted by atomic mass is 9.90. The molecule has 2 aliphatic rings. The smallest absolute Gasteiger partial charge is 0.410 e. The number of likely N-dealkylation sites (tertiary alicyclic amines) is 1. The SMILES string of the molecule is CCC[C@@H](C)N1CC2(CCN(C(=O)c3cn[nH]c3CC)CC2)OC1=O. The molecule has 7 nitrogen and oxygen atoms in total. The van der Waals surface area contributed by atoms with Crippen LogP contribution >= 0.6 is 0 Å². The van der Waals surface area contributed by atoms with E-state index in [4.69, 9.17) is 4.74 Å². The fourth-order valence-electron chi connectivity index (χ4n) is 3.88. The first-order valence-corrected chi connectivity index (χ1v) is 9.31. The van der Waals surface area contributed by atoms with E-state index >= 15 is 0 Å². The molecule has 25 heavy (non-hydrogen) atoms. The molecule has 1 aromatic heterocycles. The van der Waals surface area contributed by atoms with Crippen molar-refractivity contribution in [3.63, 3.8) is 0 Å². The highest BCUT2D eigenvalue weighted by Crippen LogP contribution is 2.35. The van der Waals surface area contributed by atoms with E-state index in [0.717, 1.165) is 25.0 Å². The van der Waals surface area contributed by atoms with Gasteiger partial charge in [0, 0.05) is 37.7 Å². The number of aromatic nitrogens is 2. The number of carbonyl (C=O) groups excluding carboxylic acids is 2. The van der Waals surface area contributed by atoms with Crippen LogP contribution in [-0.2, 0) is 11.2 Å². The highest BCUT2D eigenvalue weighted by atomic mass is 16.6. The second-order valence-electron chi connectivity index (χ2n) is 7.22. The molecule has 0 aliphatic carbocycles. The number of hydrogen-bond donors (Lipinski definition) is 1. The van der Waals surface area contributed by atoms with E-state index in [0.29, 0.717) is 38.0 Å². The number of ether oxygens (including phenoxy) is 1. The van der Waals surface area contributed by atoms with Crippen LogP contribution in [0.25, 0.3) is 0 Å². The van der Waals surface area contributed by atoms with Crippen LogP contribution in [0.4, 0.5) is 4.79 Å². The Bertz CT molecular complexity index is 634. The standard InChI is InChI=1S/C18H28N4O3/c1-4-6-13(3)22-12-18(25-17(22)24)7-9-21(10-8-18)16(23)14-11-19-20-15(14)5-2/h11,13H,4-10,12H2,1-3H3,(H,19,20)/t13-/m1/s1. The fraction of sp³-hybridized carbons (Fsp3) is 0.722. The average Bonchev–Trinajstić information content (AvgIpc) is 3.20. The summed E-state index contributed by atoms with van der Waals surface area (Å²) in [4.78, 5) is 28.7. The van der Waals surface area contributed by atoms with Crippen LogP contribution in [0.5, 0.6) is 0 Å². The van der Waals surface area contributed by atoms with Gasteiger partial charge in [0.05, 0.1) is 18.3 Å². The summed E-state index contributed by atoms with van der Waals surface area (Å²) in [5.41, 5.74) is 1.09. The monoisotopic (exact) mass is 348 g/mol. The molecule has 2 saturated heterocycles. The summed E-state index contributed by atoms with van der Waals surface area (Å²) in [6, 6.07) is 0.203. The Hall–Kier alpha value is -2.05. The van der Waals surface area contributed by atoms with E-state index < -0.39 is 5.60 Å². The molecule has 7 heteroatoms. The third kappa shape index (κ3) is 3.37. The Morgan fingerprint density at radius 3 is 2.76 bits per heavy atom. The molecule has 0 aromatic carbocycles. The van der Waals surface area contributed by atoms with E-state index in [-0.39, 0.29) is 18.0 Å². The number of hydrogen-bond acceptors (Lipinski definition) is 4. The Kier molecular flexibility index (Phi) is 5.01. The van der Waals surface area contributed by atoms with Gasteiger partial charge in [-0.15, -0.1) is 0 Å². The topological polar surface area (TPSA) is 78.5 Å². The number of carbonyl (C=O) groups is 2. The molecule has 2 amide bonds. The van der Waals surface area contributed by atoms with Crippen LogP contribution in [0.1, 0.15) is 62.5 Å². The number of nitrogens with zero attached hydrogens (tertiary/aromatic N) is 3. The van der Waals surface area contributed by atoms with Crippen molar-refractivity contribution in [3.05, 3.63) is 17.5 Å². The summed E-state index contributed by atoms with van der Waals surface area (Å²) < 4.78 is 5.76. The number of piperidine rings is 1. The minimum absolute atomic E-state index is 0.0148. The van der Waals surface area contributed by atoms with Crippen LogP contribution in [0.3, 0.4) is 0 Å². The normalized spacial score (nSPS) is 20.8. The van der Waals surface area contributed by atoms with Gasteiger partial charge in [-0.25, -0.2) is 4.79 Å².